The summed E-state index contributed by atoms with van der Waals surface area (Å²) < 4.78 is 4.03. The maximum absolute atomic E-state index is 11.7. The van der Waals surface area contributed by atoms with Gasteiger partial charge in [0.05, 0.1) is 5.69 Å². The molecule has 2 aromatic heterocycles. The normalized spacial score (nSPS) is 14.8. The molecule has 0 bridgehead atoms. The molecule has 0 aromatic carbocycles. The minimum atomic E-state index is 0.299. The second kappa shape index (κ2) is 4.44. The summed E-state index contributed by atoms with van der Waals surface area (Å²) >= 11 is 0. The van der Waals surface area contributed by atoms with E-state index < -0.39 is 0 Å². The third kappa shape index (κ3) is 1.98. The van der Waals surface area contributed by atoms with Crippen molar-refractivity contribution in [3.05, 3.63) is 41.5 Å². The molecule has 0 unspecified atom stereocenters. The van der Waals surface area contributed by atoms with E-state index in [9.17, 15) is 4.79 Å². The van der Waals surface area contributed by atoms with Crippen LogP contribution in [-0.2, 0) is 26.4 Å². The minimum Gasteiger partial charge on any atom is -0.350 e. The number of hydrogen-bond acceptors (Lipinski definition) is 2. The maximum atomic E-state index is 11.7. The van der Waals surface area contributed by atoms with Crippen LogP contribution < -0.4 is 0 Å². The summed E-state index contributed by atoms with van der Waals surface area (Å²) in [6, 6.07) is 4.01. The van der Waals surface area contributed by atoms with Crippen molar-refractivity contribution in [2.45, 2.75) is 32.2 Å². The summed E-state index contributed by atoms with van der Waals surface area (Å²) in [4.78, 5) is 11.7. The molecule has 0 amide bonds. The number of hydrogen-bond donors (Lipinski definition) is 0. The molecule has 4 heteroatoms. The molecule has 0 fully saturated rings. The molecule has 4 nitrogen and oxygen atoms in total. The van der Waals surface area contributed by atoms with Crippen molar-refractivity contribution in [1.82, 2.24) is 14.3 Å². The Morgan fingerprint density at radius 3 is 2.94 bits per heavy atom. The third-order valence-electron chi connectivity index (χ3n) is 3.57. The predicted octanol–water partition coefficient (Wildman–Crippen LogP) is 1.98. The molecule has 0 radical (unpaired) electrons. The number of ketones is 1. The topological polar surface area (TPSA) is 39.8 Å². The highest BCUT2D eigenvalue weighted by atomic mass is 16.1. The van der Waals surface area contributed by atoms with E-state index >= 15 is 0 Å². The van der Waals surface area contributed by atoms with Gasteiger partial charge in [0, 0.05) is 50.1 Å². The molecule has 0 aliphatic heterocycles. The second-order valence-electron chi connectivity index (χ2n) is 4.88. The Kier molecular flexibility index (Phi) is 2.78. The van der Waals surface area contributed by atoms with Gasteiger partial charge in [0.1, 0.15) is 0 Å². The summed E-state index contributed by atoms with van der Waals surface area (Å²) in [6.45, 7) is 0.902. The number of fused-ring (bicyclic) bond motifs is 1. The molecule has 0 saturated carbocycles. The molecule has 2 aromatic rings. The van der Waals surface area contributed by atoms with Crippen LogP contribution in [0.25, 0.3) is 0 Å². The highest BCUT2D eigenvalue weighted by molar-refractivity contribution is 5.98. The van der Waals surface area contributed by atoms with Crippen LogP contribution >= 0.6 is 0 Å². The Morgan fingerprint density at radius 1 is 1.28 bits per heavy atom. The van der Waals surface area contributed by atoms with Gasteiger partial charge in [-0.15, -0.1) is 0 Å². The first-order chi connectivity index (χ1) is 8.74. The molecule has 0 saturated heterocycles. The Hall–Kier alpha value is -1.84. The molecule has 0 N–H and O–H groups in total. The predicted molar refractivity (Wildman–Crippen MR) is 68.6 cm³/mol. The van der Waals surface area contributed by atoms with Crippen LogP contribution in [0.3, 0.4) is 0 Å². The lowest BCUT2D eigenvalue weighted by atomic mass is 9.97. The fourth-order valence-electron chi connectivity index (χ4n) is 2.63. The number of nitrogens with zero attached hydrogens (tertiary/aromatic N) is 3. The zero-order valence-electron chi connectivity index (χ0n) is 10.6. The van der Waals surface area contributed by atoms with Gasteiger partial charge < -0.3 is 4.57 Å². The van der Waals surface area contributed by atoms with E-state index in [4.69, 9.17) is 0 Å². The number of carbonyl (C=O) groups excluding carboxylic acids is 1. The zero-order valence-corrected chi connectivity index (χ0v) is 10.6. The van der Waals surface area contributed by atoms with Gasteiger partial charge in [-0.25, -0.2) is 0 Å². The molecule has 18 heavy (non-hydrogen) atoms. The first-order valence-corrected chi connectivity index (χ1v) is 6.44. The molecule has 0 atom stereocenters. The number of carbonyl (C=O) groups is 1. The minimum absolute atomic E-state index is 0.299. The molecule has 0 spiro atoms. The summed E-state index contributed by atoms with van der Waals surface area (Å²) in [5, 5.41) is 4.37. The zero-order chi connectivity index (χ0) is 12.5. The Balaban J connectivity index is 1.75. The van der Waals surface area contributed by atoms with Crippen molar-refractivity contribution in [1.29, 1.82) is 0 Å². The lowest BCUT2D eigenvalue weighted by Crippen LogP contribution is -2.14. The van der Waals surface area contributed by atoms with Crippen LogP contribution in [-0.4, -0.2) is 20.1 Å². The lowest BCUT2D eigenvalue weighted by Gasteiger charge is -2.14. The van der Waals surface area contributed by atoms with E-state index in [1.165, 1.54) is 5.69 Å². The molecule has 94 valence electrons. The third-order valence-corrected chi connectivity index (χ3v) is 3.57. The Labute approximate surface area is 106 Å². The van der Waals surface area contributed by atoms with Crippen LogP contribution in [0.5, 0.6) is 0 Å². The summed E-state index contributed by atoms with van der Waals surface area (Å²) in [6.07, 6.45) is 7.63. The standard InChI is InChI=1S/C14H17N3O/c1-16-8-5-11(15-16)6-9-17-10-7-12-13(17)3-2-4-14(12)18/h5,7-8,10H,2-4,6,9H2,1H3. The van der Waals surface area contributed by atoms with Gasteiger partial charge in [-0.3, -0.25) is 9.48 Å². The van der Waals surface area contributed by atoms with Gasteiger partial charge in [-0.05, 0) is 25.0 Å². The average molecular weight is 243 g/mol. The first-order valence-electron chi connectivity index (χ1n) is 6.44. The monoisotopic (exact) mass is 243 g/mol. The van der Waals surface area contributed by atoms with E-state index in [1.807, 2.05) is 36.3 Å². The lowest BCUT2D eigenvalue weighted by molar-refractivity contribution is 0.0972. The highest BCUT2D eigenvalue weighted by Crippen LogP contribution is 2.22. The molecular formula is C14H17N3O. The quantitative estimate of drug-likeness (QED) is 0.827. The average Bonchev–Trinajstić information content (AvgIpc) is 2.94. The van der Waals surface area contributed by atoms with Gasteiger partial charge in [-0.2, -0.15) is 5.10 Å². The number of Topliss-reactive ketones (excluding diaryl/α,β-unsaturated/α-hetero) is 1. The van der Waals surface area contributed by atoms with Gasteiger partial charge in [0.25, 0.3) is 0 Å². The van der Waals surface area contributed by atoms with Gasteiger partial charge in [-0.1, -0.05) is 0 Å². The van der Waals surface area contributed by atoms with E-state index in [1.54, 1.807) is 0 Å². The van der Waals surface area contributed by atoms with Crippen molar-refractivity contribution in [3.8, 4) is 0 Å². The molecule has 2 heterocycles. The maximum Gasteiger partial charge on any atom is 0.164 e. The van der Waals surface area contributed by atoms with Crippen LogP contribution in [0.15, 0.2) is 24.5 Å². The van der Waals surface area contributed by atoms with Crippen molar-refractivity contribution >= 4 is 5.78 Å². The molecule has 3 rings (SSSR count). The van der Waals surface area contributed by atoms with Crippen LogP contribution in [0.1, 0.15) is 34.6 Å². The van der Waals surface area contributed by atoms with Crippen molar-refractivity contribution in [3.63, 3.8) is 0 Å². The van der Waals surface area contributed by atoms with Crippen LogP contribution in [0.2, 0.25) is 0 Å². The Bertz CT molecular complexity index is 580. The number of rotatable bonds is 3. The van der Waals surface area contributed by atoms with Gasteiger partial charge >= 0.3 is 0 Å². The van der Waals surface area contributed by atoms with Crippen molar-refractivity contribution in [2.24, 2.45) is 7.05 Å². The first kappa shape index (κ1) is 11.3. The molecule has 1 aliphatic rings. The van der Waals surface area contributed by atoms with Crippen LogP contribution in [0.4, 0.5) is 0 Å². The van der Waals surface area contributed by atoms with E-state index in [-0.39, 0.29) is 0 Å². The fraction of sp³-hybridized carbons (Fsp3) is 0.429. The number of aryl methyl sites for hydroxylation is 3. The van der Waals surface area contributed by atoms with E-state index in [0.29, 0.717) is 12.2 Å². The highest BCUT2D eigenvalue weighted by Gasteiger charge is 2.20. The molecular weight excluding hydrogens is 226 g/mol. The van der Waals surface area contributed by atoms with Crippen molar-refractivity contribution in [2.75, 3.05) is 0 Å². The fourth-order valence-corrected chi connectivity index (χ4v) is 2.63. The van der Waals surface area contributed by atoms with Gasteiger partial charge in [0.2, 0.25) is 0 Å². The Morgan fingerprint density at radius 2 is 2.17 bits per heavy atom. The van der Waals surface area contributed by atoms with Crippen molar-refractivity contribution < 1.29 is 4.79 Å². The summed E-state index contributed by atoms with van der Waals surface area (Å²) in [7, 11) is 1.93. The largest absolute Gasteiger partial charge is 0.350 e. The summed E-state index contributed by atoms with van der Waals surface area (Å²) in [5.41, 5.74) is 3.24. The SMILES string of the molecule is Cn1ccc(CCn2ccc3c2CCCC3=O)n1. The van der Waals surface area contributed by atoms with Gasteiger partial charge in [0.15, 0.2) is 5.78 Å². The smallest absolute Gasteiger partial charge is 0.164 e. The van der Waals surface area contributed by atoms with Crippen LogP contribution in [0, 0.1) is 0 Å². The van der Waals surface area contributed by atoms with E-state index in [2.05, 4.69) is 9.67 Å². The van der Waals surface area contributed by atoms with E-state index in [0.717, 1.165) is 37.1 Å². The molecule has 1 aliphatic carbocycles. The number of aromatic nitrogens is 3. The second-order valence-corrected chi connectivity index (χ2v) is 4.88. The summed E-state index contributed by atoms with van der Waals surface area (Å²) in [5.74, 6) is 0.299.